The third-order valence-corrected chi connectivity index (χ3v) is 2.67. The molecular formula is C12H12N2O3. The summed E-state index contributed by atoms with van der Waals surface area (Å²) in [5.41, 5.74) is 1.46. The first-order chi connectivity index (χ1) is 8.09. The minimum Gasteiger partial charge on any atom is -0.481 e. The lowest BCUT2D eigenvalue weighted by atomic mass is 10.1. The van der Waals surface area contributed by atoms with Crippen LogP contribution in [0, 0.1) is 0 Å². The predicted molar refractivity (Wildman–Crippen MR) is 63.2 cm³/mol. The van der Waals surface area contributed by atoms with Crippen molar-refractivity contribution in [3.63, 3.8) is 0 Å². The number of aliphatic carboxylic acids is 1. The van der Waals surface area contributed by atoms with E-state index >= 15 is 0 Å². The van der Waals surface area contributed by atoms with Crippen molar-refractivity contribution in [3.05, 3.63) is 35.9 Å². The van der Waals surface area contributed by atoms with E-state index in [2.05, 4.69) is 0 Å². The number of fused-ring (bicyclic) bond motifs is 1. The van der Waals surface area contributed by atoms with E-state index in [-0.39, 0.29) is 12.2 Å². The van der Waals surface area contributed by atoms with Gasteiger partial charge in [0.1, 0.15) is 6.04 Å². The van der Waals surface area contributed by atoms with Crippen molar-refractivity contribution < 1.29 is 14.7 Å². The highest BCUT2D eigenvalue weighted by molar-refractivity contribution is 6.03. The van der Waals surface area contributed by atoms with E-state index in [1.807, 2.05) is 12.1 Å². The van der Waals surface area contributed by atoms with Crippen LogP contribution in [0.25, 0.3) is 6.08 Å². The summed E-state index contributed by atoms with van der Waals surface area (Å²) in [4.78, 5) is 22.5. The van der Waals surface area contributed by atoms with Crippen LogP contribution >= 0.6 is 0 Å². The van der Waals surface area contributed by atoms with E-state index in [4.69, 9.17) is 10.9 Å². The Morgan fingerprint density at radius 1 is 1.35 bits per heavy atom. The zero-order valence-corrected chi connectivity index (χ0v) is 9.04. The Labute approximate surface area is 98.1 Å². The number of carboxylic acid groups (broad SMARTS) is 1. The Balaban J connectivity index is 2.42. The molecule has 0 spiro atoms. The molecule has 0 amide bonds. The summed E-state index contributed by atoms with van der Waals surface area (Å²) in [5, 5.41) is 10.0. The quantitative estimate of drug-likeness (QED) is 0.737. The second-order valence-electron chi connectivity index (χ2n) is 3.82. The fourth-order valence-corrected chi connectivity index (χ4v) is 1.82. The fraction of sp³-hybridized carbons (Fsp3) is 0.167. The van der Waals surface area contributed by atoms with E-state index in [9.17, 15) is 9.59 Å². The number of hydrogen-bond acceptors (Lipinski definition) is 4. The van der Waals surface area contributed by atoms with Crippen LogP contribution in [0.4, 0.5) is 5.69 Å². The molecule has 0 saturated carbocycles. The molecule has 1 aliphatic heterocycles. The second kappa shape index (κ2) is 4.39. The van der Waals surface area contributed by atoms with Crippen molar-refractivity contribution in [3.8, 4) is 0 Å². The van der Waals surface area contributed by atoms with Gasteiger partial charge in [0.15, 0.2) is 5.78 Å². The van der Waals surface area contributed by atoms with E-state index in [0.29, 0.717) is 5.69 Å². The van der Waals surface area contributed by atoms with E-state index in [1.54, 1.807) is 18.2 Å². The third kappa shape index (κ3) is 2.19. The molecule has 88 valence electrons. The molecule has 0 radical (unpaired) electrons. The summed E-state index contributed by atoms with van der Waals surface area (Å²) in [7, 11) is 0. The summed E-state index contributed by atoms with van der Waals surface area (Å²) in [6.07, 6.45) is 2.71. The molecule has 5 heteroatoms. The molecule has 17 heavy (non-hydrogen) atoms. The lowest BCUT2D eigenvalue weighted by Gasteiger charge is -2.25. The summed E-state index contributed by atoms with van der Waals surface area (Å²) < 4.78 is 0. The Morgan fingerprint density at radius 2 is 2.06 bits per heavy atom. The van der Waals surface area contributed by atoms with Gasteiger partial charge in [0.05, 0.1) is 12.1 Å². The predicted octanol–water partition coefficient (Wildman–Crippen LogP) is 0.806. The Morgan fingerprint density at radius 3 is 2.76 bits per heavy atom. The monoisotopic (exact) mass is 232 g/mol. The van der Waals surface area contributed by atoms with Gasteiger partial charge >= 0.3 is 5.97 Å². The van der Waals surface area contributed by atoms with Crippen molar-refractivity contribution in [2.45, 2.75) is 12.5 Å². The smallest absolute Gasteiger partial charge is 0.305 e. The second-order valence-corrected chi connectivity index (χ2v) is 3.82. The molecule has 1 heterocycles. The summed E-state index contributed by atoms with van der Waals surface area (Å²) in [5.74, 6) is 4.49. The van der Waals surface area contributed by atoms with Crippen molar-refractivity contribution in [1.29, 1.82) is 0 Å². The molecule has 0 aromatic heterocycles. The molecule has 1 aromatic rings. The maximum Gasteiger partial charge on any atom is 0.305 e. The van der Waals surface area contributed by atoms with Crippen molar-refractivity contribution in [2.75, 3.05) is 5.01 Å². The number of nitrogens with zero attached hydrogens (tertiary/aromatic N) is 1. The van der Waals surface area contributed by atoms with Crippen LogP contribution in [-0.4, -0.2) is 22.9 Å². The minimum atomic E-state index is -1.05. The van der Waals surface area contributed by atoms with Crippen LogP contribution in [-0.2, 0) is 9.59 Å². The molecule has 2 rings (SSSR count). The first-order valence-corrected chi connectivity index (χ1v) is 5.16. The van der Waals surface area contributed by atoms with E-state index < -0.39 is 12.0 Å². The van der Waals surface area contributed by atoms with Gasteiger partial charge in [-0.3, -0.25) is 14.6 Å². The number of para-hydroxylation sites is 1. The minimum absolute atomic E-state index is 0.300. The van der Waals surface area contributed by atoms with Gasteiger partial charge in [0, 0.05) is 0 Å². The number of carbonyl (C=O) groups is 2. The number of anilines is 1. The zero-order chi connectivity index (χ0) is 12.4. The van der Waals surface area contributed by atoms with E-state index in [0.717, 1.165) is 5.56 Å². The number of rotatable bonds is 2. The summed E-state index contributed by atoms with van der Waals surface area (Å²) >= 11 is 0. The molecule has 0 fully saturated rings. The largest absolute Gasteiger partial charge is 0.481 e. The zero-order valence-electron chi connectivity index (χ0n) is 9.04. The van der Waals surface area contributed by atoms with Crippen molar-refractivity contribution in [1.82, 2.24) is 0 Å². The SMILES string of the molecule is NN1c2ccccc2C=CC(=O)C1CC(=O)O. The first kappa shape index (κ1) is 11.3. The number of carbonyl (C=O) groups excluding carboxylic acids is 1. The van der Waals surface area contributed by atoms with Gasteiger partial charge in [0.2, 0.25) is 0 Å². The highest BCUT2D eigenvalue weighted by Gasteiger charge is 2.28. The van der Waals surface area contributed by atoms with Crippen molar-refractivity contribution >= 4 is 23.5 Å². The van der Waals surface area contributed by atoms with Gasteiger partial charge in [-0.2, -0.15) is 0 Å². The molecule has 1 aliphatic rings. The topological polar surface area (TPSA) is 83.6 Å². The third-order valence-electron chi connectivity index (χ3n) is 2.67. The van der Waals surface area contributed by atoms with Crippen LogP contribution in [0.5, 0.6) is 0 Å². The maximum atomic E-state index is 11.8. The first-order valence-electron chi connectivity index (χ1n) is 5.16. The molecule has 1 aromatic carbocycles. The average molecular weight is 232 g/mol. The lowest BCUT2D eigenvalue weighted by molar-refractivity contribution is -0.138. The molecule has 0 saturated heterocycles. The van der Waals surface area contributed by atoms with Crippen LogP contribution in [0.3, 0.4) is 0 Å². The number of nitrogens with two attached hydrogens (primary N) is 1. The van der Waals surface area contributed by atoms with Gasteiger partial charge in [-0.25, -0.2) is 5.84 Å². The Kier molecular flexibility index (Phi) is 2.93. The van der Waals surface area contributed by atoms with Gasteiger partial charge in [-0.05, 0) is 23.8 Å². The highest BCUT2D eigenvalue weighted by atomic mass is 16.4. The number of benzene rings is 1. The Bertz CT molecular complexity index is 496. The van der Waals surface area contributed by atoms with E-state index in [1.165, 1.54) is 11.1 Å². The fourth-order valence-electron chi connectivity index (χ4n) is 1.82. The molecule has 1 unspecified atom stereocenters. The van der Waals surface area contributed by atoms with Crippen LogP contribution in [0.1, 0.15) is 12.0 Å². The van der Waals surface area contributed by atoms with Crippen LogP contribution in [0.15, 0.2) is 30.3 Å². The van der Waals surface area contributed by atoms with Gasteiger partial charge < -0.3 is 5.11 Å². The van der Waals surface area contributed by atoms with Gasteiger partial charge in [-0.15, -0.1) is 0 Å². The summed E-state index contributed by atoms with van der Waals surface area (Å²) in [6, 6.07) is 6.35. The molecular weight excluding hydrogens is 220 g/mol. The maximum absolute atomic E-state index is 11.8. The summed E-state index contributed by atoms with van der Waals surface area (Å²) in [6.45, 7) is 0. The van der Waals surface area contributed by atoms with Crippen molar-refractivity contribution in [2.24, 2.45) is 5.84 Å². The van der Waals surface area contributed by atoms with Crippen LogP contribution in [0.2, 0.25) is 0 Å². The molecule has 5 nitrogen and oxygen atoms in total. The number of hydrazine groups is 1. The molecule has 0 bridgehead atoms. The van der Waals surface area contributed by atoms with Gasteiger partial charge in [0.25, 0.3) is 0 Å². The molecule has 0 aliphatic carbocycles. The Hall–Kier alpha value is -2.14. The number of ketones is 1. The van der Waals surface area contributed by atoms with Gasteiger partial charge in [-0.1, -0.05) is 18.2 Å². The standard InChI is InChI=1S/C12H12N2O3/c13-14-9-4-2-1-3-8(9)5-6-11(15)10(14)7-12(16)17/h1-6,10H,7,13H2,(H,16,17). The number of hydrogen-bond donors (Lipinski definition) is 2. The van der Waals surface area contributed by atoms with Crippen LogP contribution < -0.4 is 10.9 Å². The normalized spacial score (nSPS) is 18.8. The number of carboxylic acids is 1. The molecule has 3 N–H and O–H groups in total. The lowest BCUT2D eigenvalue weighted by Crippen LogP contribution is -2.46. The average Bonchev–Trinajstić information content (AvgIpc) is 2.42. The highest BCUT2D eigenvalue weighted by Crippen LogP contribution is 2.25. The molecule has 1 atom stereocenters.